The van der Waals surface area contributed by atoms with Gasteiger partial charge in [0.2, 0.25) is 5.91 Å². The number of nitrogens with one attached hydrogen (secondary N) is 1. The van der Waals surface area contributed by atoms with E-state index in [1.165, 1.54) is 26.4 Å². The summed E-state index contributed by atoms with van der Waals surface area (Å²) in [6.45, 7) is 1.41. The van der Waals surface area contributed by atoms with Crippen LogP contribution in [0.1, 0.15) is 5.56 Å². The topological polar surface area (TPSA) is 84.9 Å². The lowest BCUT2D eigenvalue weighted by atomic mass is 10.2. The molecule has 0 heterocycles. The normalized spacial score (nSPS) is 11.0. The van der Waals surface area contributed by atoms with Gasteiger partial charge in [-0.2, -0.15) is 0 Å². The summed E-state index contributed by atoms with van der Waals surface area (Å²) in [7, 11) is -1.15. The van der Waals surface area contributed by atoms with Crippen molar-refractivity contribution < 1.29 is 22.7 Å². The summed E-state index contributed by atoms with van der Waals surface area (Å²) in [5.41, 5.74) is 1.68. The molecule has 0 spiro atoms. The molecular weight excluding hydrogens is 496 g/mol. The van der Waals surface area contributed by atoms with E-state index in [4.69, 9.17) is 9.47 Å². The zero-order chi connectivity index (χ0) is 23.3. The van der Waals surface area contributed by atoms with Crippen molar-refractivity contribution in [2.75, 3.05) is 30.4 Å². The van der Waals surface area contributed by atoms with Gasteiger partial charge in [0.05, 0.1) is 24.8 Å². The predicted octanol–water partition coefficient (Wildman–Crippen LogP) is 4.61. The third-order valence-corrected chi connectivity index (χ3v) is 6.93. The van der Waals surface area contributed by atoms with Crippen LogP contribution in [0.2, 0.25) is 0 Å². The number of carbonyl (C=O) groups excluding carboxylic acids is 1. The van der Waals surface area contributed by atoms with Crippen molar-refractivity contribution in [3.8, 4) is 11.5 Å². The Bertz CT molecular complexity index is 1210. The van der Waals surface area contributed by atoms with E-state index in [9.17, 15) is 13.2 Å². The minimum atomic E-state index is -4.08. The molecule has 1 amide bonds. The second-order valence-electron chi connectivity index (χ2n) is 6.92. The Morgan fingerprint density at radius 1 is 1.00 bits per heavy atom. The molecule has 0 unspecified atom stereocenters. The van der Waals surface area contributed by atoms with Crippen LogP contribution in [0.25, 0.3) is 0 Å². The Labute approximate surface area is 196 Å². The van der Waals surface area contributed by atoms with Gasteiger partial charge < -0.3 is 14.8 Å². The summed E-state index contributed by atoms with van der Waals surface area (Å²) in [4.78, 5) is 12.9. The third-order valence-electron chi connectivity index (χ3n) is 4.66. The lowest BCUT2D eigenvalue weighted by Gasteiger charge is -2.26. The van der Waals surface area contributed by atoms with Crippen molar-refractivity contribution in [2.24, 2.45) is 0 Å². The molecule has 9 heteroatoms. The van der Waals surface area contributed by atoms with Crippen LogP contribution in [-0.2, 0) is 14.8 Å². The number of benzene rings is 3. The van der Waals surface area contributed by atoms with Crippen molar-refractivity contribution >= 4 is 43.2 Å². The first-order chi connectivity index (χ1) is 15.2. The number of methoxy groups -OCH3 is 2. The number of sulfonamides is 1. The highest BCUT2D eigenvalue weighted by Crippen LogP contribution is 2.35. The lowest BCUT2D eigenvalue weighted by molar-refractivity contribution is -0.114. The first kappa shape index (κ1) is 23.6. The SMILES string of the molecule is COc1ccc(N(CC(=O)Nc2cccc(Br)c2)S(=O)(=O)c2ccc(C)cc2)c(OC)c1. The number of nitrogens with zero attached hydrogens (tertiary/aromatic N) is 1. The first-order valence-electron chi connectivity index (χ1n) is 9.61. The van der Waals surface area contributed by atoms with E-state index in [1.807, 2.05) is 13.0 Å². The van der Waals surface area contributed by atoms with E-state index < -0.39 is 22.5 Å². The fraction of sp³-hybridized carbons (Fsp3) is 0.174. The molecule has 3 aromatic carbocycles. The second kappa shape index (κ2) is 10.1. The minimum absolute atomic E-state index is 0.0660. The zero-order valence-corrected chi connectivity index (χ0v) is 20.2. The Balaban J connectivity index is 2.03. The van der Waals surface area contributed by atoms with E-state index in [1.54, 1.807) is 48.5 Å². The van der Waals surface area contributed by atoms with Gasteiger partial charge in [0.25, 0.3) is 10.0 Å². The molecule has 32 heavy (non-hydrogen) atoms. The quantitative estimate of drug-likeness (QED) is 0.470. The van der Waals surface area contributed by atoms with Gasteiger partial charge in [-0.15, -0.1) is 0 Å². The van der Waals surface area contributed by atoms with E-state index >= 15 is 0 Å². The van der Waals surface area contributed by atoms with Crippen LogP contribution in [-0.4, -0.2) is 35.1 Å². The van der Waals surface area contributed by atoms with Gasteiger partial charge in [-0.05, 0) is 49.4 Å². The molecular formula is C23H23BrN2O5S. The van der Waals surface area contributed by atoms with Crippen LogP contribution in [0.15, 0.2) is 76.1 Å². The Morgan fingerprint density at radius 3 is 2.34 bits per heavy atom. The molecule has 0 saturated heterocycles. The number of ether oxygens (including phenoxy) is 2. The molecule has 0 aliphatic heterocycles. The fourth-order valence-corrected chi connectivity index (χ4v) is 4.86. The van der Waals surface area contributed by atoms with Gasteiger partial charge >= 0.3 is 0 Å². The maximum Gasteiger partial charge on any atom is 0.264 e. The molecule has 0 bridgehead atoms. The Morgan fingerprint density at radius 2 is 1.72 bits per heavy atom. The van der Waals surface area contributed by atoms with Crippen LogP contribution in [0.3, 0.4) is 0 Å². The number of rotatable bonds is 8. The predicted molar refractivity (Wildman–Crippen MR) is 128 cm³/mol. The van der Waals surface area contributed by atoms with Crippen molar-refractivity contribution in [1.29, 1.82) is 0 Å². The van der Waals surface area contributed by atoms with Gasteiger partial charge in [-0.25, -0.2) is 8.42 Å². The van der Waals surface area contributed by atoms with Crippen LogP contribution in [0.5, 0.6) is 11.5 Å². The Hall–Kier alpha value is -3.04. The van der Waals surface area contributed by atoms with Crippen molar-refractivity contribution in [1.82, 2.24) is 0 Å². The minimum Gasteiger partial charge on any atom is -0.497 e. The lowest BCUT2D eigenvalue weighted by Crippen LogP contribution is -2.38. The molecule has 0 aliphatic rings. The monoisotopic (exact) mass is 518 g/mol. The van der Waals surface area contributed by atoms with Crippen molar-refractivity contribution in [3.05, 3.63) is 76.8 Å². The smallest absolute Gasteiger partial charge is 0.264 e. The summed E-state index contributed by atoms with van der Waals surface area (Å²) in [5, 5.41) is 2.74. The van der Waals surface area contributed by atoms with Gasteiger partial charge in [0.1, 0.15) is 18.0 Å². The number of amides is 1. The van der Waals surface area contributed by atoms with Crippen molar-refractivity contribution in [3.63, 3.8) is 0 Å². The Kier molecular flexibility index (Phi) is 7.42. The molecule has 7 nitrogen and oxygen atoms in total. The highest BCUT2D eigenvalue weighted by Gasteiger charge is 2.29. The standard InChI is InChI=1S/C23H23BrN2O5S/c1-16-7-10-20(11-8-16)32(28,29)26(21-12-9-19(30-2)14-22(21)31-3)15-23(27)25-18-6-4-5-17(24)13-18/h4-14H,15H2,1-3H3,(H,25,27). The molecule has 3 aromatic rings. The molecule has 0 radical (unpaired) electrons. The molecule has 0 fully saturated rings. The van der Waals surface area contributed by atoms with E-state index in [0.29, 0.717) is 11.4 Å². The van der Waals surface area contributed by atoms with E-state index in [0.717, 1.165) is 14.3 Å². The molecule has 0 saturated carbocycles. The fourth-order valence-electron chi connectivity index (χ4n) is 3.03. The highest BCUT2D eigenvalue weighted by atomic mass is 79.9. The number of aryl methyl sites for hydroxylation is 1. The number of anilines is 2. The van der Waals surface area contributed by atoms with Gasteiger partial charge in [0, 0.05) is 16.2 Å². The summed E-state index contributed by atoms with van der Waals surface area (Å²) in [5.74, 6) is 0.254. The molecule has 0 aliphatic carbocycles. The second-order valence-corrected chi connectivity index (χ2v) is 9.70. The summed E-state index contributed by atoms with van der Waals surface area (Å²) >= 11 is 3.35. The van der Waals surface area contributed by atoms with Crippen LogP contribution < -0.4 is 19.1 Å². The van der Waals surface area contributed by atoms with Crippen LogP contribution in [0, 0.1) is 6.92 Å². The maximum absolute atomic E-state index is 13.6. The van der Waals surface area contributed by atoms with Gasteiger partial charge in [0.15, 0.2) is 0 Å². The molecule has 168 valence electrons. The first-order valence-corrected chi connectivity index (χ1v) is 11.8. The highest BCUT2D eigenvalue weighted by molar-refractivity contribution is 9.10. The summed E-state index contributed by atoms with van der Waals surface area (Å²) < 4.78 is 39.6. The van der Waals surface area contributed by atoms with E-state index in [2.05, 4.69) is 21.2 Å². The van der Waals surface area contributed by atoms with Gasteiger partial charge in [-0.1, -0.05) is 39.7 Å². The van der Waals surface area contributed by atoms with Gasteiger partial charge in [-0.3, -0.25) is 9.10 Å². The maximum atomic E-state index is 13.6. The molecule has 0 aromatic heterocycles. The number of hydrogen-bond acceptors (Lipinski definition) is 5. The summed E-state index contributed by atoms with van der Waals surface area (Å²) in [6, 6.07) is 18.2. The number of hydrogen-bond donors (Lipinski definition) is 1. The summed E-state index contributed by atoms with van der Waals surface area (Å²) in [6.07, 6.45) is 0. The van der Waals surface area contributed by atoms with Crippen LogP contribution in [0.4, 0.5) is 11.4 Å². The van der Waals surface area contributed by atoms with Crippen molar-refractivity contribution in [2.45, 2.75) is 11.8 Å². The largest absolute Gasteiger partial charge is 0.497 e. The number of carbonyl (C=O) groups is 1. The van der Waals surface area contributed by atoms with Crippen LogP contribution >= 0.6 is 15.9 Å². The van der Waals surface area contributed by atoms with E-state index in [-0.39, 0.29) is 16.3 Å². The number of halogens is 1. The zero-order valence-electron chi connectivity index (χ0n) is 17.8. The average Bonchev–Trinajstić information content (AvgIpc) is 2.77. The molecule has 3 rings (SSSR count). The average molecular weight is 519 g/mol. The molecule has 0 atom stereocenters. The third kappa shape index (κ3) is 5.41. The molecule has 1 N–H and O–H groups in total.